The molecule has 0 aromatic carbocycles. The summed E-state index contributed by atoms with van der Waals surface area (Å²) in [6.45, 7) is 6.96. The molecule has 2 rings (SSSR count). The van der Waals surface area contributed by atoms with Gasteiger partial charge in [-0.3, -0.25) is 4.90 Å². The molecule has 0 saturated carbocycles. The fourth-order valence-corrected chi connectivity index (χ4v) is 2.73. The summed E-state index contributed by atoms with van der Waals surface area (Å²) in [5, 5.41) is 0. The summed E-state index contributed by atoms with van der Waals surface area (Å²) < 4.78 is 18.0. The third-order valence-electron chi connectivity index (χ3n) is 3.55. The van der Waals surface area contributed by atoms with Crippen LogP contribution in [-0.4, -0.2) is 34.4 Å². The lowest BCUT2D eigenvalue weighted by Gasteiger charge is -2.18. The van der Waals surface area contributed by atoms with Crippen LogP contribution in [0.4, 0.5) is 15.0 Å². The van der Waals surface area contributed by atoms with Crippen molar-refractivity contribution in [1.82, 2.24) is 9.27 Å². The molecule has 1 aromatic rings. The van der Waals surface area contributed by atoms with Gasteiger partial charge in [-0.15, -0.1) is 0 Å². The number of carbonyl (C=O) groups excluding carboxylic acids is 1. The molecule has 6 heteroatoms. The number of amides is 2. The Morgan fingerprint density at radius 3 is 2.39 bits per heavy atom. The van der Waals surface area contributed by atoms with E-state index in [9.17, 15) is 9.18 Å². The minimum absolute atomic E-state index is 0.0418. The largest absolute Gasteiger partial charge is 0.326 e. The zero-order chi connectivity index (χ0) is 13.7. The van der Waals surface area contributed by atoms with Gasteiger partial charge in [-0.1, -0.05) is 0 Å². The van der Waals surface area contributed by atoms with Crippen LogP contribution in [0.2, 0.25) is 0 Å². The van der Waals surface area contributed by atoms with Gasteiger partial charge in [0.2, 0.25) is 0 Å². The Hall–Kier alpha value is -1.17. The van der Waals surface area contributed by atoms with Crippen molar-refractivity contribution in [3.8, 4) is 0 Å². The van der Waals surface area contributed by atoms with Crippen LogP contribution < -0.4 is 4.90 Å². The van der Waals surface area contributed by atoms with E-state index in [0.29, 0.717) is 10.7 Å². The summed E-state index contributed by atoms with van der Waals surface area (Å²) in [5.41, 5.74) is -1.42. The maximum Gasteiger partial charge on any atom is 0.326 e. The van der Waals surface area contributed by atoms with Crippen LogP contribution in [-0.2, 0) is 5.67 Å². The molecule has 0 aliphatic carbocycles. The second-order valence-electron chi connectivity index (χ2n) is 5.27. The molecule has 2 atom stereocenters. The molecule has 0 radical (unpaired) electrons. The van der Waals surface area contributed by atoms with E-state index in [1.807, 2.05) is 13.8 Å². The van der Waals surface area contributed by atoms with Gasteiger partial charge in [0.25, 0.3) is 0 Å². The predicted octanol–water partition coefficient (Wildman–Crippen LogP) is 3.00. The van der Waals surface area contributed by atoms with E-state index in [1.165, 1.54) is 13.8 Å². The number of hydrogen-bond acceptors (Lipinski definition) is 3. The quantitative estimate of drug-likeness (QED) is 0.829. The molecular weight excluding hydrogens is 253 g/mol. The monoisotopic (exact) mass is 271 g/mol. The smallest absolute Gasteiger partial charge is 0.323 e. The third kappa shape index (κ3) is 1.98. The van der Waals surface area contributed by atoms with Gasteiger partial charge >= 0.3 is 6.03 Å². The van der Waals surface area contributed by atoms with Gasteiger partial charge in [-0.25, -0.2) is 9.18 Å². The van der Waals surface area contributed by atoms with Crippen molar-refractivity contribution in [3.05, 3.63) is 10.9 Å². The first-order valence-corrected chi connectivity index (χ1v) is 6.73. The van der Waals surface area contributed by atoms with Gasteiger partial charge in [-0.05, 0) is 39.2 Å². The van der Waals surface area contributed by atoms with Crippen molar-refractivity contribution >= 4 is 23.4 Å². The van der Waals surface area contributed by atoms with Gasteiger partial charge in [-0.2, -0.15) is 4.37 Å². The summed E-state index contributed by atoms with van der Waals surface area (Å²) in [7, 11) is 1.77. The summed E-state index contributed by atoms with van der Waals surface area (Å²) >= 11 is 1.11. The molecule has 1 saturated heterocycles. The van der Waals surface area contributed by atoms with E-state index in [-0.39, 0.29) is 18.1 Å². The molecule has 1 aliphatic heterocycles. The molecule has 0 bridgehead atoms. The number of halogens is 1. The Bertz CT molecular complexity index is 468. The Morgan fingerprint density at radius 2 is 2.00 bits per heavy atom. The number of rotatable bonds is 2. The molecule has 18 heavy (non-hydrogen) atoms. The minimum atomic E-state index is -1.42. The Morgan fingerprint density at radius 1 is 1.39 bits per heavy atom. The first kappa shape index (κ1) is 13.3. The van der Waals surface area contributed by atoms with Crippen molar-refractivity contribution in [2.24, 2.45) is 0 Å². The number of anilines is 1. The highest BCUT2D eigenvalue weighted by molar-refractivity contribution is 7.06. The number of likely N-dealkylation sites (N-methyl/N-ethyl adjacent to an activating group) is 1. The van der Waals surface area contributed by atoms with Crippen LogP contribution in [0.25, 0.3) is 0 Å². The van der Waals surface area contributed by atoms with E-state index >= 15 is 0 Å². The Labute approximate surface area is 111 Å². The second kappa shape index (κ2) is 4.19. The third-order valence-corrected chi connectivity index (χ3v) is 4.63. The zero-order valence-electron chi connectivity index (χ0n) is 11.3. The maximum atomic E-state index is 13.8. The van der Waals surface area contributed by atoms with Crippen LogP contribution in [0.1, 0.15) is 32.6 Å². The molecule has 2 amide bonds. The maximum absolute atomic E-state index is 13.8. The minimum Gasteiger partial charge on any atom is -0.323 e. The van der Waals surface area contributed by atoms with Crippen LogP contribution in [0.3, 0.4) is 0 Å². The van der Waals surface area contributed by atoms with Gasteiger partial charge in [0.15, 0.2) is 5.82 Å². The Balaban J connectivity index is 2.33. The Kier molecular flexibility index (Phi) is 3.09. The summed E-state index contributed by atoms with van der Waals surface area (Å²) in [6, 6.07) is 1.76. The SMILES string of the molecule is CC1C(C)N(c2cc(C(C)(C)F)sn2)C(=O)N1C. The van der Waals surface area contributed by atoms with Gasteiger partial charge in [0.05, 0.1) is 17.0 Å². The van der Waals surface area contributed by atoms with Crippen LogP contribution in [0.15, 0.2) is 6.07 Å². The van der Waals surface area contributed by atoms with Gasteiger partial charge < -0.3 is 4.90 Å². The van der Waals surface area contributed by atoms with Crippen molar-refractivity contribution < 1.29 is 9.18 Å². The van der Waals surface area contributed by atoms with Crippen LogP contribution >= 0.6 is 11.5 Å². The van der Waals surface area contributed by atoms with Gasteiger partial charge in [0, 0.05) is 13.1 Å². The first-order valence-electron chi connectivity index (χ1n) is 5.95. The number of hydrogen-bond donors (Lipinski definition) is 0. The average Bonchev–Trinajstić information content (AvgIpc) is 2.81. The van der Waals surface area contributed by atoms with E-state index in [2.05, 4.69) is 4.37 Å². The number of urea groups is 1. The molecule has 1 aliphatic rings. The van der Waals surface area contributed by atoms with E-state index in [0.717, 1.165) is 11.5 Å². The summed E-state index contributed by atoms with van der Waals surface area (Å²) in [5.74, 6) is 0.550. The van der Waals surface area contributed by atoms with Crippen LogP contribution in [0.5, 0.6) is 0 Å². The van der Waals surface area contributed by atoms with Gasteiger partial charge in [0.1, 0.15) is 5.67 Å². The molecule has 4 nitrogen and oxygen atoms in total. The highest BCUT2D eigenvalue weighted by Crippen LogP contribution is 2.34. The normalized spacial score (nSPS) is 25.1. The standard InChI is InChI=1S/C12H18FN3OS/c1-7-8(2)16(11(17)15(7)5)10-6-9(18-14-10)12(3,4)13/h6-8H,1-5H3. The van der Waals surface area contributed by atoms with E-state index < -0.39 is 5.67 Å². The van der Waals surface area contributed by atoms with Crippen molar-refractivity contribution in [1.29, 1.82) is 0 Å². The molecule has 0 N–H and O–H groups in total. The van der Waals surface area contributed by atoms with Crippen LogP contribution in [0, 0.1) is 0 Å². The lowest BCUT2D eigenvalue weighted by molar-refractivity contribution is 0.220. The number of carbonyl (C=O) groups is 1. The fraction of sp³-hybridized carbons (Fsp3) is 0.667. The molecule has 100 valence electrons. The molecule has 2 unspecified atom stereocenters. The fourth-order valence-electron chi connectivity index (χ4n) is 2.02. The molecule has 1 aromatic heterocycles. The lowest BCUT2D eigenvalue weighted by atomic mass is 10.1. The predicted molar refractivity (Wildman–Crippen MR) is 70.8 cm³/mol. The molecule has 2 heterocycles. The first-order chi connectivity index (χ1) is 8.23. The molecule has 0 spiro atoms. The number of aromatic nitrogens is 1. The highest BCUT2D eigenvalue weighted by atomic mass is 32.1. The molecular formula is C12H18FN3OS. The topological polar surface area (TPSA) is 36.4 Å². The van der Waals surface area contributed by atoms with E-state index in [4.69, 9.17) is 0 Å². The summed E-state index contributed by atoms with van der Waals surface area (Å²) in [6.07, 6.45) is 0. The second-order valence-corrected chi connectivity index (χ2v) is 6.07. The average molecular weight is 271 g/mol. The number of alkyl halides is 1. The highest BCUT2D eigenvalue weighted by Gasteiger charge is 2.40. The van der Waals surface area contributed by atoms with Crippen molar-refractivity contribution in [2.75, 3.05) is 11.9 Å². The van der Waals surface area contributed by atoms with E-state index in [1.54, 1.807) is 22.9 Å². The molecule has 1 fully saturated rings. The van der Waals surface area contributed by atoms with Crippen molar-refractivity contribution in [3.63, 3.8) is 0 Å². The lowest BCUT2D eigenvalue weighted by Crippen LogP contribution is -2.33. The zero-order valence-corrected chi connectivity index (χ0v) is 12.1. The summed E-state index contributed by atoms with van der Waals surface area (Å²) in [4.78, 5) is 16.0. The van der Waals surface area contributed by atoms with Crippen molar-refractivity contribution in [2.45, 2.75) is 45.4 Å². The number of nitrogens with zero attached hydrogens (tertiary/aromatic N) is 3.